The Labute approximate surface area is 147 Å². The Bertz CT molecular complexity index is 847. The molecule has 128 valence electrons. The van der Waals surface area contributed by atoms with Crippen molar-refractivity contribution in [2.75, 3.05) is 0 Å². The monoisotopic (exact) mass is 335 g/mol. The number of aromatic nitrogens is 2. The second kappa shape index (κ2) is 6.89. The quantitative estimate of drug-likeness (QED) is 0.783. The molecule has 0 saturated heterocycles. The largest absolute Gasteiger partial charge is 0.359 e. The Morgan fingerprint density at radius 3 is 2.56 bits per heavy atom. The van der Waals surface area contributed by atoms with Gasteiger partial charge in [-0.25, -0.2) is 0 Å². The first-order chi connectivity index (χ1) is 11.9. The summed E-state index contributed by atoms with van der Waals surface area (Å²) in [5.41, 5.74) is 3.64. The summed E-state index contributed by atoms with van der Waals surface area (Å²) >= 11 is 0. The van der Waals surface area contributed by atoms with Crippen LogP contribution in [0.5, 0.6) is 0 Å². The highest BCUT2D eigenvalue weighted by molar-refractivity contribution is 5.93. The molecular weight excluding hydrogens is 314 g/mol. The van der Waals surface area contributed by atoms with Crippen LogP contribution in [-0.4, -0.2) is 16.0 Å². The van der Waals surface area contributed by atoms with Gasteiger partial charge in [-0.1, -0.05) is 50.2 Å². The standard InChI is InChI=1S/C20H21N3O2/c1-20(2,3)16-8-6-14(7-9-16)18-11-17(25-23-18)13-22-19(24)15-5-4-10-21-12-15/h4-12H,13H2,1-3H3,(H,22,24). The molecule has 0 aliphatic heterocycles. The zero-order valence-corrected chi connectivity index (χ0v) is 14.6. The molecule has 5 nitrogen and oxygen atoms in total. The van der Waals surface area contributed by atoms with Crippen molar-refractivity contribution >= 4 is 5.91 Å². The molecule has 0 spiro atoms. The minimum Gasteiger partial charge on any atom is -0.359 e. The van der Waals surface area contributed by atoms with Crippen molar-refractivity contribution in [3.8, 4) is 11.3 Å². The molecule has 5 heteroatoms. The number of amides is 1. The van der Waals surface area contributed by atoms with E-state index in [4.69, 9.17) is 4.52 Å². The lowest BCUT2D eigenvalue weighted by Gasteiger charge is -2.18. The van der Waals surface area contributed by atoms with E-state index in [1.165, 1.54) is 11.8 Å². The summed E-state index contributed by atoms with van der Waals surface area (Å²) in [5, 5.41) is 6.89. The molecule has 3 rings (SSSR count). The van der Waals surface area contributed by atoms with Gasteiger partial charge < -0.3 is 9.84 Å². The van der Waals surface area contributed by atoms with Crippen LogP contribution in [0.4, 0.5) is 0 Å². The van der Waals surface area contributed by atoms with Crippen molar-refractivity contribution < 1.29 is 9.32 Å². The molecule has 1 amide bonds. The van der Waals surface area contributed by atoms with Gasteiger partial charge in [-0.05, 0) is 23.1 Å². The second-order valence-electron chi connectivity index (χ2n) is 6.93. The molecule has 0 atom stereocenters. The van der Waals surface area contributed by atoms with Gasteiger partial charge in [0.15, 0.2) is 5.76 Å². The van der Waals surface area contributed by atoms with Crippen molar-refractivity contribution in [1.29, 1.82) is 0 Å². The van der Waals surface area contributed by atoms with E-state index in [0.29, 0.717) is 11.3 Å². The molecule has 0 unspecified atom stereocenters. The summed E-state index contributed by atoms with van der Waals surface area (Å²) < 4.78 is 5.32. The summed E-state index contributed by atoms with van der Waals surface area (Å²) in [5.74, 6) is 0.410. The number of benzene rings is 1. The zero-order chi connectivity index (χ0) is 17.9. The first-order valence-electron chi connectivity index (χ1n) is 8.18. The van der Waals surface area contributed by atoms with Crippen molar-refractivity contribution in [2.45, 2.75) is 32.7 Å². The van der Waals surface area contributed by atoms with Gasteiger partial charge in [-0.15, -0.1) is 0 Å². The predicted octanol–water partition coefficient (Wildman–Crippen LogP) is 3.96. The van der Waals surface area contributed by atoms with Crippen LogP contribution in [0.1, 0.15) is 42.5 Å². The maximum absolute atomic E-state index is 12.0. The molecule has 0 saturated carbocycles. The normalized spacial score (nSPS) is 11.3. The minimum atomic E-state index is -0.194. The number of rotatable bonds is 4. The molecule has 2 aromatic heterocycles. The van der Waals surface area contributed by atoms with E-state index >= 15 is 0 Å². The van der Waals surface area contributed by atoms with E-state index in [1.54, 1.807) is 18.3 Å². The lowest BCUT2D eigenvalue weighted by molar-refractivity contribution is 0.0946. The highest BCUT2D eigenvalue weighted by atomic mass is 16.5. The Morgan fingerprint density at radius 1 is 1.16 bits per heavy atom. The lowest BCUT2D eigenvalue weighted by Crippen LogP contribution is -2.22. The molecular formula is C20H21N3O2. The topological polar surface area (TPSA) is 68.0 Å². The van der Waals surface area contributed by atoms with Crippen LogP contribution >= 0.6 is 0 Å². The van der Waals surface area contributed by atoms with Crippen LogP contribution in [0.15, 0.2) is 59.4 Å². The van der Waals surface area contributed by atoms with E-state index < -0.39 is 0 Å². The van der Waals surface area contributed by atoms with Crippen LogP contribution in [-0.2, 0) is 12.0 Å². The number of nitrogens with zero attached hydrogens (tertiary/aromatic N) is 2. The molecule has 25 heavy (non-hydrogen) atoms. The van der Waals surface area contributed by atoms with E-state index in [9.17, 15) is 4.79 Å². The highest BCUT2D eigenvalue weighted by Gasteiger charge is 2.14. The van der Waals surface area contributed by atoms with Crippen molar-refractivity contribution in [3.05, 3.63) is 71.7 Å². The van der Waals surface area contributed by atoms with Crippen molar-refractivity contribution in [2.24, 2.45) is 0 Å². The Hall–Kier alpha value is -2.95. The molecule has 0 bridgehead atoms. The van der Waals surface area contributed by atoms with Crippen LogP contribution in [0.25, 0.3) is 11.3 Å². The van der Waals surface area contributed by atoms with E-state index in [2.05, 4.69) is 48.4 Å². The van der Waals surface area contributed by atoms with Gasteiger partial charge in [-0.2, -0.15) is 0 Å². The molecule has 0 radical (unpaired) electrons. The predicted molar refractivity (Wildman–Crippen MR) is 96.0 cm³/mol. The van der Waals surface area contributed by atoms with Crippen LogP contribution in [0.3, 0.4) is 0 Å². The maximum Gasteiger partial charge on any atom is 0.253 e. The van der Waals surface area contributed by atoms with E-state index in [1.807, 2.05) is 18.2 Å². The van der Waals surface area contributed by atoms with E-state index in [0.717, 1.165) is 11.3 Å². The average molecular weight is 335 g/mol. The lowest BCUT2D eigenvalue weighted by atomic mass is 9.86. The average Bonchev–Trinajstić information content (AvgIpc) is 3.09. The van der Waals surface area contributed by atoms with Gasteiger partial charge in [0.2, 0.25) is 0 Å². The van der Waals surface area contributed by atoms with E-state index in [-0.39, 0.29) is 17.9 Å². The maximum atomic E-state index is 12.0. The number of carbonyl (C=O) groups excluding carboxylic acids is 1. The number of hydrogen-bond acceptors (Lipinski definition) is 4. The molecule has 1 N–H and O–H groups in total. The van der Waals surface area contributed by atoms with Gasteiger partial charge >= 0.3 is 0 Å². The summed E-state index contributed by atoms with van der Waals surface area (Å²) in [6.07, 6.45) is 3.16. The summed E-state index contributed by atoms with van der Waals surface area (Å²) in [6.45, 7) is 6.82. The summed E-state index contributed by atoms with van der Waals surface area (Å²) in [4.78, 5) is 15.9. The first-order valence-corrected chi connectivity index (χ1v) is 8.18. The highest BCUT2D eigenvalue weighted by Crippen LogP contribution is 2.26. The molecule has 2 heterocycles. The van der Waals surface area contributed by atoms with Crippen molar-refractivity contribution in [3.63, 3.8) is 0 Å². The molecule has 3 aromatic rings. The number of carbonyl (C=O) groups is 1. The fraction of sp³-hybridized carbons (Fsp3) is 0.250. The van der Waals surface area contributed by atoms with Gasteiger partial charge in [0.1, 0.15) is 5.69 Å². The second-order valence-corrected chi connectivity index (χ2v) is 6.93. The Kier molecular flexibility index (Phi) is 4.65. The minimum absolute atomic E-state index is 0.115. The Balaban J connectivity index is 1.65. The van der Waals surface area contributed by atoms with Crippen LogP contribution < -0.4 is 5.32 Å². The third-order valence-corrected chi connectivity index (χ3v) is 3.95. The van der Waals surface area contributed by atoms with Crippen LogP contribution in [0.2, 0.25) is 0 Å². The molecule has 1 aromatic carbocycles. The number of hydrogen-bond donors (Lipinski definition) is 1. The van der Waals surface area contributed by atoms with Gasteiger partial charge in [-0.3, -0.25) is 9.78 Å². The van der Waals surface area contributed by atoms with Gasteiger partial charge in [0, 0.05) is 24.0 Å². The first kappa shape index (κ1) is 16.9. The fourth-order valence-corrected chi connectivity index (χ4v) is 2.44. The van der Waals surface area contributed by atoms with Crippen molar-refractivity contribution in [1.82, 2.24) is 15.5 Å². The van der Waals surface area contributed by atoms with Gasteiger partial charge in [0.05, 0.1) is 12.1 Å². The fourth-order valence-electron chi connectivity index (χ4n) is 2.44. The third kappa shape index (κ3) is 4.12. The third-order valence-electron chi connectivity index (χ3n) is 3.95. The number of nitrogens with one attached hydrogen (secondary N) is 1. The summed E-state index contributed by atoms with van der Waals surface area (Å²) in [7, 11) is 0. The smallest absolute Gasteiger partial charge is 0.253 e. The molecule has 0 fully saturated rings. The number of pyridine rings is 1. The zero-order valence-electron chi connectivity index (χ0n) is 14.6. The molecule has 0 aliphatic carbocycles. The van der Waals surface area contributed by atoms with Gasteiger partial charge in [0.25, 0.3) is 5.91 Å². The summed E-state index contributed by atoms with van der Waals surface area (Å²) in [6, 6.07) is 13.6. The molecule has 0 aliphatic rings. The SMILES string of the molecule is CC(C)(C)c1ccc(-c2cc(CNC(=O)c3cccnc3)on2)cc1. The Morgan fingerprint density at radius 2 is 1.92 bits per heavy atom. The van der Waals surface area contributed by atoms with Crippen LogP contribution in [0, 0.1) is 0 Å².